The van der Waals surface area contributed by atoms with E-state index < -0.39 is 12.1 Å². The predicted molar refractivity (Wildman–Crippen MR) is 74.1 cm³/mol. The Bertz CT molecular complexity index is 507. The van der Waals surface area contributed by atoms with Crippen LogP contribution < -0.4 is 5.32 Å². The maximum Gasteiger partial charge on any atom is 0.391 e. The summed E-state index contributed by atoms with van der Waals surface area (Å²) >= 11 is 0. The average Bonchev–Trinajstić information content (AvgIpc) is 2.83. The van der Waals surface area contributed by atoms with Crippen LogP contribution in [0.25, 0.3) is 0 Å². The summed E-state index contributed by atoms with van der Waals surface area (Å²) in [6.07, 6.45) is -0.703. The Morgan fingerprint density at radius 3 is 2.43 bits per heavy atom. The third kappa shape index (κ3) is 3.03. The molecule has 1 unspecified atom stereocenters. The number of fused-ring (bicyclic) bond motifs is 1. The molecule has 2 nitrogen and oxygen atoms in total. The van der Waals surface area contributed by atoms with Crippen molar-refractivity contribution in [3.8, 4) is 5.75 Å². The molecule has 1 saturated carbocycles. The molecule has 0 aliphatic heterocycles. The highest BCUT2D eigenvalue weighted by molar-refractivity contribution is 5.44. The molecule has 3 rings (SSSR count). The Kier molecular flexibility index (Phi) is 3.86. The fourth-order valence-electron chi connectivity index (χ4n) is 3.68. The van der Waals surface area contributed by atoms with Crippen LogP contribution in [-0.4, -0.2) is 17.3 Å². The van der Waals surface area contributed by atoms with Gasteiger partial charge in [0.05, 0.1) is 5.92 Å². The van der Waals surface area contributed by atoms with E-state index in [9.17, 15) is 18.3 Å². The predicted octanol–water partition coefficient (Wildman–Crippen LogP) is 4.09. The normalized spacial score (nSPS) is 29.4. The maximum atomic E-state index is 12.7. The van der Waals surface area contributed by atoms with Crippen LogP contribution in [0.3, 0.4) is 0 Å². The van der Waals surface area contributed by atoms with E-state index in [0.717, 1.165) is 24.0 Å². The van der Waals surface area contributed by atoms with Crippen molar-refractivity contribution in [3.05, 3.63) is 29.3 Å². The number of halogens is 3. The van der Waals surface area contributed by atoms with E-state index in [4.69, 9.17) is 0 Å². The number of aromatic hydroxyl groups is 1. The van der Waals surface area contributed by atoms with Crippen LogP contribution in [0.2, 0.25) is 0 Å². The molecule has 1 aromatic carbocycles. The number of hydrogen-bond acceptors (Lipinski definition) is 2. The molecule has 0 spiro atoms. The van der Waals surface area contributed by atoms with Crippen molar-refractivity contribution in [2.24, 2.45) is 5.92 Å². The highest BCUT2D eigenvalue weighted by Crippen LogP contribution is 2.40. The molecule has 0 saturated heterocycles. The third-order valence-electron chi connectivity index (χ3n) is 4.87. The lowest BCUT2D eigenvalue weighted by atomic mass is 9.85. The molecule has 0 heterocycles. The SMILES string of the molecule is Oc1cccc2c1CCC2NC1CCC(C(F)(F)F)CC1. The van der Waals surface area contributed by atoms with Crippen molar-refractivity contribution >= 4 is 0 Å². The number of benzene rings is 1. The number of phenolic OH excluding ortho intramolecular Hbond substituents is 1. The lowest BCUT2D eigenvalue weighted by Crippen LogP contribution is -2.38. The summed E-state index contributed by atoms with van der Waals surface area (Å²) in [4.78, 5) is 0. The van der Waals surface area contributed by atoms with Crippen molar-refractivity contribution in [1.29, 1.82) is 0 Å². The Morgan fingerprint density at radius 2 is 1.76 bits per heavy atom. The van der Waals surface area contributed by atoms with Gasteiger partial charge in [0.15, 0.2) is 0 Å². The molecule has 2 aliphatic carbocycles. The standard InChI is InChI=1S/C16H20F3NO/c17-16(18,19)10-4-6-11(7-5-10)20-14-9-8-13-12(14)2-1-3-15(13)21/h1-3,10-11,14,20-21H,4-9H2. The number of nitrogens with one attached hydrogen (secondary N) is 1. The third-order valence-corrected chi connectivity index (χ3v) is 4.87. The molecular formula is C16H20F3NO. The first kappa shape index (κ1) is 14.7. The first-order valence-electron chi connectivity index (χ1n) is 7.58. The minimum absolute atomic E-state index is 0.155. The van der Waals surface area contributed by atoms with Gasteiger partial charge in [0.1, 0.15) is 5.75 Å². The highest BCUT2D eigenvalue weighted by atomic mass is 19.4. The molecule has 2 aliphatic rings. The zero-order valence-electron chi connectivity index (χ0n) is 11.8. The molecule has 21 heavy (non-hydrogen) atoms. The van der Waals surface area contributed by atoms with Crippen LogP contribution >= 0.6 is 0 Å². The minimum Gasteiger partial charge on any atom is -0.508 e. The summed E-state index contributed by atoms with van der Waals surface area (Å²) in [6.45, 7) is 0. The largest absolute Gasteiger partial charge is 0.508 e. The van der Waals surface area contributed by atoms with Gasteiger partial charge in [-0.15, -0.1) is 0 Å². The van der Waals surface area contributed by atoms with Crippen LogP contribution in [0.15, 0.2) is 18.2 Å². The van der Waals surface area contributed by atoms with Crippen LogP contribution in [0.4, 0.5) is 13.2 Å². The van der Waals surface area contributed by atoms with Crippen molar-refractivity contribution < 1.29 is 18.3 Å². The van der Waals surface area contributed by atoms with E-state index in [-0.39, 0.29) is 24.9 Å². The molecule has 116 valence electrons. The number of alkyl halides is 3. The Morgan fingerprint density at radius 1 is 1.05 bits per heavy atom. The number of rotatable bonds is 2. The zero-order chi connectivity index (χ0) is 15.0. The van der Waals surface area contributed by atoms with Crippen LogP contribution in [-0.2, 0) is 6.42 Å². The summed E-state index contributed by atoms with van der Waals surface area (Å²) in [7, 11) is 0. The van der Waals surface area contributed by atoms with E-state index in [0.29, 0.717) is 18.6 Å². The van der Waals surface area contributed by atoms with Crippen molar-refractivity contribution in [3.63, 3.8) is 0 Å². The molecule has 1 fully saturated rings. The monoisotopic (exact) mass is 299 g/mol. The molecule has 2 N–H and O–H groups in total. The Labute approximate surface area is 122 Å². The Hall–Kier alpha value is -1.23. The maximum absolute atomic E-state index is 12.7. The fourth-order valence-corrected chi connectivity index (χ4v) is 3.68. The fraction of sp³-hybridized carbons (Fsp3) is 0.625. The minimum atomic E-state index is -4.04. The van der Waals surface area contributed by atoms with Gasteiger partial charge in [-0.3, -0.25) is 0 Å². The number of phenols is 1. The molecule has 5 heteroatoms. The number of hydrogen-bond donors (Lipinski definition) is 2. The molecule has 0 radical (unpaired) electrons. The first-order valence-corrected chi connectivity index (χ1v) is 7.58. The van der Waals surface area contributed by atoms with Gasteiger partial charge in [-0.05, 0) is 55.7 Å². The molecular weight excluding hydrogens is 279 g/mol. The van der Waals surface area contributed by atoms with Gasteiger partial charge >= 0.3 is 6.18 Å². The van der Waals surface area contributed by atoms with Gasteiger partial charge in [-0.1, -0.05) is 12.1 Å². The van der Waals surface area contributed by atoms with E-state index in [1.54, 1.807) is 6.07 Å². The summed E-state index contributed by atoms with van der Waals surface area (Å²) in [5, 5.41) is 13.3. The molecule has 1 aromatic rings. The summed E-state index contributed by atoms with van der Waals surface area (Å²) < 4.78 is 38.0. The summed E-state index contributed by atoms with van der Waals surface area (Å²) in [5.74, 6) is -0.798. The second-order valence-corrected chi connectivity index (χ2v) is 6.19. The lowest BCUT2D eigenvalue weighted by Gasteiger charge is -2.32. The van der Waals surface area contributed by atoms with Crippen molar-refractivity contribution in [1.82, 2.24) is 5.32 Å². The zero-order valence-corrected chi connectivity index (χ0v) is 11.8. The molecule has 1 atom stereocenters. The second-order valence-electron chi connectivity index (χ2n) is 6.19. The van der Waals surface area contributed by atoms with E-state index in [2.05, 4.69) is 5.32 Å². The lowest BCUT2D eigenvalue weighted by molar-refractivity contribution is -0.182. The van der Waals surface area contributed by atoms with E-state index >= 15 is 0 Å². The van der Waals surface area contributed by atoms with E-state index in [1.165, 1.54) is 0 Å². The Balaban J connectivity index is 1.60. The van der Waals surface area contributed by atoms with Gasteiger partial charge in [-0.2, -0.15) is 13.2 Å². The van der Waals surface area contributed by atoms with Crippen LogP contribution in [0, 0.1) is 5.92 Å². The second kappa shape index (κ2) is 5.52. The van der Waals surface area contributed by atoms with Gasteiger partial charge in [0, 0.05) is 12.1 Å². The van der Waals surface area contributed by atoms with Crippen molar-refractivity contribution in [2.45, 2.75) is 56.8 Å². The van der Waals surface area contributed by atoms with Gasteiger partial charge < -0.3 is 10.4 Å². The van der Waals surface area contributed by atoms with Gasteiger partial charge in [0.2, 0.25) is 0 Å². The van der Waals surface area contributed by atoms with Crippen LogP contribution in [0.5, 0.6) is 5.75 Å². The van der Waals surface area contributed by atoms with Gasteiger partial charge in [-0.25, -0.2) is 0 Å². The smallest absolute Gasteiger partial charge is 0.391 e. The van der Waals surface area contributed by atoms with Crippen LogP contribution in [0.1, 0.15) is 49.3 Å². The van der Waals surface area contributed by atoms with Gasteiger partial charge in [0.25, 0.3) is 0 Å². The average molecular weight is 299 g/mol. The molecule has 0 aromatic heterocycles. The summed E-state index contributed by atoms with van der Waals surface area (Å²) in [5.41, 5.74) is 2.09. The highest BCUT2D eigenvalue weighted by Gasteiger charge is 2.41. The van der Waals surface area contributed by atoms with Crippen molar-refractivity contribution in [2.75, 3.05) is 0 Å². The molecule has 0 bridgehead atoms. The summed E-state index contributed by atoms with van der Waals surface area (Å²) in [6, 6.07) is 5.84. The first-order chi connectivity index (χ1) is 9.95. The molecule has 0 amide bonds. The topological polar surface area (TPSA) is 32.3 Å². The quantitative estimate of drug-likeness (QED) is 0.862. The van der Waals surface area contributed by atoms with E-state index in [1.807, 2.05) is 12.1 Å².